The van der Waals surface area contributed by atoms with Gasteiger partial charge in [0, 0.05) is 4.47 Å². The molecule has 5 heteroatoms. The monoisotopic (exact) mass is 300 g/mol. The third-order valence-corrected chi connectivity index (χ3v) is 2.49. The van der Waals surface area contributed by atoms with Crippen molar-refractivity contribution in [3.8, 4) is 5.75 Å². The van der Waals surface area contributed by atoms with Crippen LogP contribution in [0.1, 0.15) is 22.8 Å². The normalized spacial score (nSPS) is 9.82. The molecule has 17 heavy (non-hydrogen) atoms. The van der Waals surface area contributed by atoms with Crippen molar-refractivity contribution in [2.45, 2.75) is 13.8 Å². The van der Waals surface area contributed by atoms with Gasteiger partial charge in [0.15, 0.2) is 12.9 Å². The van der Waals surface area contributed by atoms with E-state index in [9.17, 15) is 9.59 Å². The zero-order valence-corrected chi connectivity index (χ0v) is 11.2. The van der Waals surface area contributed by atoms with Gasteiger partial charge in [0.05, 0.1) is 12.2 Å². The predicted molar refractivity (Wildman–Crippen MR) is 66.4 cm³/mol. The van der Waals surface area contributed by atoms with Crippen LogP contribution in [0.4, 0.5) is 0 Å². The van der Waals surface area contributed by atoms with Gasteiger partial charge in [-0.1, -0.05) is 15.9 Å². The smallest absolute Gasteiger partial charge is 0.344 e. The van der Waals surface area contributed by atoms with Crippen LogP contribution in [-0.2, 0) is 9.53 Å². The van der Waals surface area contributed by atoms with Crippen LogP contribution in [0.2, 0.25) is 0 Å². The van der Waals surface area contributed by atoms with Crippen LogP contribution in [-0.4, -0.2) is 25.5 Å². The van der Waals surface area contributed by atoms with E-state index in [1.165, 1.54) is 0 Å². The first-order chi connectivity index (χ1) is 8.08. The molecule has 0 aliphatic rings. The first-order valence-corrected chi connectivity index (χ1v) is 5.91. The summed E-state index contributed by atoms with van der Waals surface area (Å²) in [6, 6.07) is 3.45. The number of esters is 1. The molecule has 92 valence electrons. The highest BCUT2D eigenvalue weighted by Gasteiger charge is 2.11. The summed E-state index contributed by atoms with van der Waals surface area (Å²) in [5, 5.41) is 0. The van der Waals surface area contributed by atoms with Gasteiger partial charge < -0.3 is 9.47 Å². The van der Waals surface area contributed by atoms with Crippen LogP contribution in [0, 0.1) is 6.92 Å². The van der Waals surface area contributed by atoms with Crippen molar-refractivity contribution in [2.24, 2.45) is 0 Å². The number of carbonyl (C=O) groups excluding carboxylic acids is 2. The van der Waals surface area contributed by atoms with Crippen molar-refractivity contribution in [3.05, 3.63) is 27.7 Å². The molecule has 0 heterocycles. The third-order valence-electron chi connectivity index (χ3n) is 2.03. The number of aldehydes is 1. The maximum atomic E-state index is 11.1. The molecule has 0 saturated carbocycles. The van der Waals surface area contributed by atoms with Crippen molar-refractivity contribution in [2.75, 3.05) is 13.2 Å². The third kappa shape index (κ3) is 3.85. The molecule has 0 atom stereocenters. The average molecular weight is 301 g/mol. The minimum absolute atomic E-state index is 0.197. The predicted octanol–water partition coefficient (Wildman–Crippen LogP) is 2.51. The van der Waals surface area contributed by atoms with Crippen molar-refractivity contribution in [1.29, 1.82) is 0 Å². The summed E-state index contributed by atoms with van der Waals surface area (Å²) in [6.07, 6.45) is 0.693. The van der Waals surface area contributed by atoms with E-state index < -0.39 is 5.97 Å². The Labute approximate surface area is 108 Å². The molecule has 0 N–H and O–H groups in total. The van der Waals surface area contributed by atoms with Crippen molar-refractivity contribution in [1.82, 2.24) is 0 Å². The topological polar surface area (TPSA) is 52.6 Å². The molecule has 1 aromatic rings. The fourth-order valence-electron chi connectivity index (χ4n) is 1.37. The number of benzene rings is 1. The molecule has 0 amide bonds. The molecule has 0 bridgehead atoms. The molecular formula is C12H13BrO4. The van der Waals surface area contributed by atoms with Gasteiger partial charge in [-0.25, -0.2) is 4.79 Å². The second-order valence-corrected chi connectivity index (χ2v) is 4.27. The van der Waals surface area contributed by atoms with E-state index in [0.717, 1.165) is 10.0 Å². The summed E-state index contributed by atoms with van der Waals surface area (Å²) in [5.41, 5.74) is 1.19. The summed E-state index contributed by atoms with van der Waals surface area (Å²) in [4.78, 5) is 22.0. The molecule has 0 fully saturated rings. The van der Waals surface area contributed by atoms with E-state index in [0.29, 0.717) is 24.2 Å². The second kappa shape index (κ2) is 6.39. The lowest BCUT2D eigenvalue weighted by molar-refractivity contribution is -0.145. The second-order valence-electron chi connectivity index (χ2n) is 3.35. The fraction of sp³-hybridized carbons (Fsp3) is 0.333. The van der Waals surface area contributed by atoms with Crippen molar-refractivity contribution >= 4 is 28.2 Å². The molecule has 4 nitrogen and oxygen atoms in total. The summed E-state index contributed by atoms with van der Waals surface area (Å²) >= 11 is 3.29. The standard InChI is InChI=1S/C12H13BrO4/c1-3-16-11(15)7-17-12-8(2)4-10(13)5-9(12)6-14/h4-6H,3,7H2,1-2H3. The van der Waals surface area contributed by atoms with E-state index in [4.69, 9.17) is 9.47 Å². The first-order valence-electron chi connectivity index (χ1n) is 5.12. The van der Waals surface area contributed by atoms with Crippen LogP contribution in [0.15, 0.2) is 16.6 Å². The van der Waals surface area contributed by atoms with Crippen molar-refractivity contribution in [3.63, 3.8) is 0 Å². The van der Waals surface area contributed by atoms with E-state index in [1.54, 1.807) is 19.9 Å². The Morgan fingerprint density at radius 1 is 1.47 bits per heavy atom. The molecule has 0 aliphatic carbocycles. The summed E-state index contributed by atoms with van der Waals surface area (Å²) in [5.74, 6) is -0.0390. The van der Waals surface area contributed by atoms with Gasteiger partial charge in [-0.3, -0.25) is 4.79 Å². The van der Waals surface area contributed by atoms with E-state index in [2.05, 4.69) is 15.9 Å². The lowest BCUT2D eigenvalue weighted by atomic mass is 10.1. The molecule has 0 radical (unpaired) electrons. The van der Waals surface area contributed by atoms with Crippen LogP contribution in [0.5, 0.6) is 5.75 Å². The summed E-state index contributed by atoms with van der Waals surface area (Å²) in [6.45, 7) is 3.64. The molecule has 0 aliphatic heterocycles. The molecule has 1 rings (SSSR count). The van der Waals surface area contributed by atoms with Gasteiger partial charge in [0.1, 0.15) is 5.75 Å². The van der Waals surface area contributed by atoms with E-state index >= 15 is 0 Å². The van der Waals surface area contributed by atoms with Crippen LogP contribution < -0.4 is 4.74 Å². The van der Waals surface area contributed by atoms with E-state index in [1.807, 2.05) is 6.07 Å². The number of halogens is 1. The highest BCUT2D eigenvalue weighted by molar-refractivity contribution is 9.10. The number of hydrogen-bond donors (Lipinski definition) is 0. The lowest BCUT2D eigenvalue weighted by Crippen LogP contribution is -2.15. The molecule has 0 aromatic heterocycles. The highest BCUT2D eigenvalue weighted by Crippen LogP contribution is 2.26. The van der Waals surface area contributed by atoms with Crippen LogP contribution in [0.3, 0.4) is 0 Å². The molecule has 0 unspecified atom stereocenters. The van der Waals surface area contributed by atoms with Gasteiger partial charge in [0.2, 0.25) is 0 Å². The van der Waals surface area contributed by atoms with Gasteiger partial charge in [-0.2, -0.15) is 0 Å². The Balaban J connectivity index is 2.83. The fourth-order valence-corrected chi connectivity index (χ4v) is 1.96. The molecule has 0 saturated heterocycles. The number of rotatable bonds is 5. The van der Waals surface area contributed by atoms with E-state index in [-0.39, 0.29) is 6.61 Å². The molecular weight excluding hydrogens is 288 g/mol. The highest BCUT2D eigenvalue weighted by atomic mass is 79.9. The van der Waals surface area contributed by atoms with Crippen LogP contribution >= 0.6 is 15.9 Å². The van der Waals surface area contributed by atoms with Gasteiger partial charge in [0.25, 0.3) is 0 Å². The number of hydrogen-bond acceptors (Lipinski definition) is 4. The average Bonchev–Trinajstić information content (AvgIpc) is 2.27. The molecule has 1 aromatic carbocycles. The van der Waals surface area contributed by atoms with Gasteiger partial charge >= 0.3 is 5.97 Å². The first kappa shape index (κ1) is 13.7. The minimum Gasteiger partial charge on any atom is -0.481 e. The summed E-state index contributed by atoms with van der Waals surface area (Å²) in [7, 11) is 0. The van der Waals surface area contributed by atoms with Gasteiger partial charge in [-0.15, -0.1) is 0 Å². The largest absolute Gasteiger partial charge is 0.481 e. The zero-order chi connectivity index (χ0) is 12.8. The maximum absolute atomic E-state index is 11.1. The number of carbonyl (C=O) groups is 2. The van der Waals surface area contributed by atoms with Gasteiger partial charge in [-0.05, 0) is 31.5 Å². The minimum atomic E-state index is -0.452. The summed E-state index contributed by atoms with van der Waals surface area (Å²) < 4.78 is 10.8. The zero-order valence-electron chi connectivity index (χ0n) is 9.66. The van der Waals surface area contributed by atoms with Crippen LogP contribution in [0.25, 0.3) is 0 Å². The number of ether oxygens (including phenoxy) is 2. The SMILES string of the molecule is CCOC(=O)COc1c(C)cc(Br)cc1C=O. The lowest BCUT2D eigenvalue weighted by Gasteiger charge is -2.11. The Bertz CT molecular complexity index is 429. The quantitative estimate of drug-likeness (QED) is 0.619. The Morgan fingerprint density at radius 2 is 2.18 bits per heavy atom. The Hall–Kier alpha value is -1.36. The molecule has 0 spiro atoms. The van der Waals surface area contributed by atoms with Crippen molar-refractivity contribution < 1.29 is 19.1 Å². The number of aryl methyl sites for hydroxylation is 1. The Kier molecular flexibility index (Phi) is 5.15. The maximum Gasteiger partial charge on any atom is 0.344 e. The Morgan fingerprint density at radius 3 is 2.76 bits per heavy atom.